The largest absolute Gasteiger partial charge is 0.459 e. The lowest BCUT2D eigenvalue weighted by atomic mass is 10.2. The second kappa shape index (κ2) is 7.15. The maximum atomic E-state index is 11.7. The van der Waals surface area contributed by atoms with Crippen LogP contribution in [0.1, 0.15) is 17.0 Å². The molecule has 6 heteroatoms. The molecule has 118 valence electrons. The number of hydrogen-bond donors (Lipinski definition) is 2. The van der Waals surface area contributed by atoms with E-state index in [0.717, 1.165) is 29.6 Å². The summed E-state index contributed by atoms with van der Waals surface area (Å²) in [6.45, 7) is 1.31. The highest BCUT2D eigenvalue weighted by Gasteiger charge is 2.07. The van der Waals surface area contributed by atoms with Crippen LogP contribution in [0.15, 0.2) is 53.3 Å². The van der Waals surface area contributed by atoms with E-state index in [-0.39, 0.29) is 5.91 Å². The van der Waals surface area contributed by atoms with Gasteiger partial charge in [-0.1, -0.05) is 11.6 Å². The van der Waals surface area contributed by atoms with E-state index in [1.54, 1.807) is 18.3 Å². The molecule has 0 unspecified atom stereocenters. The van der Waals surface area contributed by atoms with Crippen molar-refractivity contribution >= 4 is 34.1 Å². The Morgan fingerprint density at radius 1 is 1.22 bits per heavy atom. The van der Waals surface area contributed by atoms with E-state index in [1.165, 1.54) is 6.26 Å². The summed E-state index contributed by atoms with van der Waals surface area (Å²) in [5, 5.41) is 7.87. The van der Waals surface area contributed by atoms with Gasteiger partial charge in [-0.05, 0) is 42.8 Å². The first kappa shape index (κ1) is 15.4. The number of furan rings is 1. The van der Waals surface area contributed by atoms with Gasteiger partial charge in [0, 0.05) is 35.4 Å². The van der Waals surface area contributed by atoms with Crippen LogP contribution < -0.4 is 10.6 Å². The molecule has 0 aliphatic carbocycles. The molecule has 3 rings (SSSR count). The topological polar surface area (TPSA) is 67.2 Å². The molecule has 3 aromatic rings. The predicted molar refractivity (Wildman–Crippen MR) is 90.9 cm³/mol. The van der Waals surface area contributed by atoms with E-state index in [0.29, 0.717) is 17.3 Å². The number of rotatable bonds is 6. The highest BCUT2D eigenvalue weighted by Crippen LogP contribution is 2.24. The molecule has 1 aromatic carbocycles. The highest BCUT2D eigenvalue weighted by molar-refractivity contribution is 6.31. The van der Waals surface area contributed by atoms with Gasteiger partial charge in [-0.15, -0.1) is 0 Å². The Morgan fingerprint density at radius 2 is 2.13 bits per heavy atom. The lowest BCUT2D eigenvalue weighted by Gasteiger charge is -2.10. The first-order chi connectivity index (χ1) is 11.2. The minimum atomic E-state index is -0.195. The van der Waals surface area contributed by atoms with Gasteiger partial charge in [0.1, 0.15) is 0 Å². The van der Waals surface area contributed by atoms with Crippen LogP contribution in [0.4, 0.5) is 5.69 Å². The number of carbonyl (C=O) groups excluding carboxylic acids is 1. The minimum absolute atomic E-state index is 0.195. The summed E-state index contributed by atoms with van der Waals surface area (Å²) >= 11 is 5.98. The van der Waals surface area contributed by atoms with Gasteiger partial charge < -0.3 is 15.1 Å². The monoisotopic (exact) mass is 329 g/mol. The predicted octanol–water partition coefficient (Wildman–Crippen LogP) is 3.71. The Balaban J connectivity index is 1.50. The number of aromatic nitrogens is 1. The van der Waals surface area contributed by atoms with Crippen LogP contribution in [0.5, 0.6) is 0 Å². The molecule has 0 aliphatic rings. The fourth-order valence-electron chi connectivity index (χ4n) is 2.28. The Morgan fingerprint density at radius 3 is 2.96 bits per heavy atom. The number of benzene rings is 1. The van der Waals surface area contributed by atoms with E-state index in [9.17, 15) is 4.79 Å². The number of nitrogens with zero attached hydrogens (tertiary/aromatic N) is 1. The van der Waals surface area contributed by atoms with Crippen LogP contribution in [0.25, 0.3) is 10.9 Å². The first-order valence-corrected chi connectivity index (χ1v) is 7.72. The van der Waals surface area contributed by atoms with Gasteiger partial charge in [0.25, 0.3) is 5.91 Å². The third-order valence-electron chi connectivity index (χ3n) is 3.40. The van der Waals surface area contributed by atoms with Crippen LogP contribution in [0.2, 0.25) is 5.02 Å². The minimum Gasteiger partial charge on any atom is -0.459 e. The lowest BCUT2D eigenvalue weighted by Crippen LogP contribution is -2.25. The number of fused-ring (bicyclic) bond motifs is 1. The van der Waals surface area contributed by atoms with Gasteiger partial charge in [-0.3, -0.25) is 9.78 Å². The number of halogens is 1. The molecule has 0 atom stereocenters. The molecular weight excluding hydrogens is 314 g/mol. The van der Waals surface area contributed by atoms with Crippen LogP contribution in [0, 0.1) is 0 Å². The van der Waals surface area contributed by atoms with Gasteiger partial charge in [0.15, 0.2) is 5.76 Å². The van der Waals surface area contributed by atoms with Crippen molar-refractivity contribution in [2.45, 2.75) is 6.42 Å². The van der Waals surface area contributed by atoms with E-state index < -0.39 is 0 Å². The molecule has 0 bridgehead atoms. The molecule has 5 nitrogen and oxygen atoms in total. The quantitative estimate of drug-likeness (QED) is 0.676. The average Bonchev–Trinajstić information content (AvgIpc) is 3.08. The van der Waals surface area contributed by atoms with E-state index in [1.807, 2.05) is 24.3 Å². The lowest BCUT2D eigenvalue weighted by molar-refractivity contribution is 0.0926. The molecule has 1 amide bonds. The number of amides is 1. The molecule has 23 heavy (non-hydrogen) atoms. The van der Waals surface area contributed by atoms with Crippen molar-refractivity contribution in [1.29, 1.82) is 0 Å². The number of hydrogen-bond acceptors (Lipinski definition) is 4. The SMILES string of the molecule is O=C(NCCCNc1ccnc2cc(Cl)ccc12)c1ccco1. The molecule has 2 heterocycles. The molecule has 2 N–H and O–H groups in total. The second-order valence-electron chi connectivity index (χ2n) is 5.03. The fraction of sp³-hybridized carbons (Fsp3) is 0.176. The molecule has 0 fully saturated rings. The molecule has 0 radical (unpaired) electrons. The fourth-order valence-corrected chi connectivity index (χ4v) is 2.45. The van der Waals surface area contributed by atoms with Gasteiger partial charge in [-0.2, -0.15) is 0 Å². The zero-order valence-corrected chi connectivity index (χ0v) is 13.1. The molecule has 0 spiro atoms. The number of anilines is 1. The Labute approximate surface area is 138 Å². The van der Waals surface area contributed by atoms with E-state index in [4.69, 9.17) is 16.0 Å². The van der Waals surface area contributed by atoms with Crippen molar-refractivity contribution in [2.75, 3.05) is 18.4 Å². The van der Waals surface area contributed by atoms with Crippen LogP contribution in [0.3, 0.4) is 0 Å². The van der Waals surface area contributed by atoms with Crippen molar-refractivity contribution in [3.05, 3.63) is 59.6 Å². The van der Waals surface area contributed by atoms with Gasteiger partial charge in [0.2, 0.25) is 0 Å². The maximum absolute atomic E-state index is 11.7. The zero-order chi connectivity index (χ0) is 16.1. The Hall–Kier alpha value is -2.53. The van der Waals surface area contributed by atoms with Gasteiger partial charge in [0.05, 0.1) is 11.8 Å². The van der Waals surface area contributed by atoms with Gasteiger partial charge in [-0.25, -0.2) is 0 Å². The summed E-state index contributed by atoms with van der Waals surface area (Å²) in [5.74, 6) is 0.133. The first-order valence-electron chi connectivity index (χ1n) is 7.34. The van der Waals surface area contributed by atoms with E-state index >= 15 is 0 Å². The number of nitrogens with one attached hydrogen (secondary N) is 2. The second-order valence-corrected chi connectivity index (χ2v) is 5.47. The standard InChI is InChI=1S/C17H16ClN3O2/c18-12-4-5-13-14(6-9-20-15(13)11-12)19-7-2-8-21-17(22)16-3-1-10-23-16/h1,3-6,9-11H,2,7-8H2,(H,19,20)(H,21,22). The molecule has 0 aliphatic heterocycles. The number of pyridine rings is 1. The number of carbonyl (C=O) groups is 1. The van der Waals surface area contributed by atoms with Crippen molar-refractivity contribution in [1.82, 2.24) is 10.3 Å². The summed E-state index contributed by atoms with van der Waals surface area (Å²) in [5.41, 5.74) is 1.86. The summed E-state index contributed by atoms with van der Waals surface area (Å²) in [6, 6.07) is 10.9. The summed E-state index contributed by atoms with van der Waals surface area (Å²) in [6.07, 6.45) is 4.03. The van der Waals surface area contributed by atoms with Crippen LogP contribution in [-0.2, 0) is 0 Å². The zero-order valence-electron chi connectivity index (χ0n) is 12.4. The van der Waals surface area contributed by atoms with E-state index in [2.05, 4.69) is 15.6 Å². The van der Waals surface area contributed by atoms with Crippen molar-refractivity contribution in [2.24, 2.45) is 0 Å². The van der Waals surface area contributed by atoms with Crippen LogP contribution >= 0.6 is 11.6 Å². The molecule has 2 aromatic heterocycles. The molecular formula is C17H16ClN3O2. The van der Waals surface area contributed by atoms with Crippen LogP contribution in [-0.4, -0.2) is 24.0 Å². The Bertz CT molecular complexity index is 803. The van der Waals surface area contributed by atoms with Crippen molar-refractivity contribution < 1.29 is 9.21 Å². The Kier molecular flexibility index (Phi) is 4.78. The van der Waals surface area contributed by atoms with Gasteiger partial charge >= 0.3 is 0 Å². The summed E-state index contributed by atoms with van der Waals surface area (Å²) in [4.78, 5) is 16.0. The molecule has 0 saturated heterocycles. The summed E-state index contributed by atoms with van der Waals surface area (Å²) in [7, 11) is 0. The van der Waals surface area contributed by atoms with Crippen molar-refractivity contribution in [3.63, 3.8) is 0 Å². The maximum Gasteiger partial charge on any atom is 0.286 e. The molecule has 0 saturated carbocycles. The normalized spacial score (nSPS) is 10.7. The highest BCUT2D eigenvalue weighted by atomic mass is 35.5. The smallest absolute Gasteiger partial charge is 0.286 e. The average molecular weight is 330 g/mol. The third kappa shape index (κ3) is 3.81. The van der Waals surface area contributed by atoms with Crippen molar-refractivity contribution in [3.8, 4) is 0 Å². The third-order valence-corrected chi connectivity index (χ3v) is 3.64. The summed E-state index contributed by atoms with van der Waals surface area (Å²) < 4.78 is 5.03.